The number of benzene rings is 3. The third-order valence-electron chi connectivity index (χ3n) is 5.38. The van der Waals surface area contributed by atoms with Crippen molar-refractivity contribution in [1.29, 1.82) is 0 Å². The Hall–Kier alpha value is -4.11. The van der Waals surface area contributed by atoms with Gasteiger partial charge in [-0.25, -0.2) is 9.69 Å². The molecule has 3 aromatic carbocycles. The predicted octanol–water partition coefficient (Wildman–Crippen LogP) is 4.89. The first kappa shape index (κ1) is 25.0. The lowest BCUT2D eigenvalue weighted by Crippen LogP contribution is -2.54. The van der Waals surface area contributed by atoms with Crippen molar-refractivity contribution < 1.29 is 28.6 Å². The van der Waals surface area contributed by atoms with Crippen LogP contribution in [0.1, 0.15) is 11.1 Å². The van der Waals surface area contributed by atoms with Gasteiger partial charge in [-0.2, -0.15) is 0 Å². The Morgan fingerprint density at radius 1 is 0.889 bits per heavy atom. The standard InChI is InChI=1S/C27H23BrN2O6/c1-17-5-3-4-6-22(17)35-13-14-36-23-12-7-18(16-24(23)34-2)15-21-25(31)29-27(33)30(26(21)32)20-10-8-19(28)9-11-20/h3-12,15-16H,13-14H2,1-2H3,(H,29,31,33). The summed E-state index contributed by atoms with van der Waals surface area (Å²) in [6, 6.07) is 18.5. The van der Waals surface area contributed by atoms with Crippen LogP contribution in [0.3, 0.4) is 0 Å². The molecule has 1 aliphatic rings. The molecule has 4 amide bonds. The zero-order chi connectivity index (χ0) is 25.7. The number of ether oxygens (including phenoxy) is 3. The van der Waals surface area contributed by atoms with Gasteiger partial charge in [0.25, 0.3) is 11.8 Å². The molecule has 1 aliphatic heterocycles. The van der Waals surface area contributed by atoms with Crippen LogP contribution >= 0.6 is 15.9 Å². The Morgan fingerprint density at radius 2 is 1.58 bits per heavy atom. The molecule has 9 heteroatoms. The van der Waals surface area contributed by atoms with Crippen LogP contribution in [0.15, 0.2) is 76.8 Å². The van der Waals surface area contributed by atoms with E-state index in [0.29, 0.717) is 29.4 Å². The summed E-state index contributed by atoms with van der Waals surface area (Å²) in [4.78, 5) is 38.8. The number of anilines is 1. The van der Waals surface area contributed by atoms with Gasteiger partial charge >= 0.3 is 6.03 Å². The average Bonchev–Trinajstić information content (AvgIpc) is 2.87. The van der Waals surface area contributed by atoms with Gasteiger partial charge < -0.3 is 14.2 Å². The number of hydrogen-bond acceptors (Lipinski definition) is 6. The maximum atomic E-state index is 13.1. The minimum Gasteiger partial charge on any atom is -0.493 e. The summed E-state index contributed by atoms with van der Waals surface area (Å²) in [6.45, 7) is 2.60. The van der Waals surface area contributed by atoms with Gasteiger partial charge in [-0.15, -0.1) is 0 Å². The third kappa shape index (κ3) is 5.58. The first-order chi connectivity index (χ1) is 17.4. The van der Waals surface area contributed by atoms with Gasteiger partial charge in [-0.05, 0) is 66.6 Å². The molecule has 1 fully saturated rings. The van der Waals surface area contributed by atoms with Crippen molar-refractivity contribution in [1.82, 2.24) is 5.32 Å². The molecule has 1 heterocycles. The Bertz CT molecular complexity index is 1340. The highest BCUT2D eigenvalue weighted by Crippen LogP contribution is 2.30. The summed E-state index contributed by atoms with van der Waals surface area (Å²) in [6.07, 6.45) is 1.41. The van der Waals surface area contributed by atoms with Gasteiger partial charge in [0, 0.05) is 4.47 Å². The molecule has 0 unspecified atom stereocenters. The molecule has 0 bridgehead atoms. The molecule has 3 aromatic rings. The van der Waals surface area contributed by atoms with E-state index >= 15 is 0 Å². The summed E-state index contributed by atoms with van der Waals surface area (Å²) < 4.78 is 17.8. The summed E-state index contributed by atoms with van der Waals surface area (Å²) in [5.41, 5.74) is 1.72. The van der Waals surface area contributed by atoms with Gasteiger partial charge in [0.05, 0.1) is 12.8 Å². The second-order valence-electron chi connectivity index (χ2n) is 7.81. The molecule has 1 saturated heterocycles. The number of halogens is 1. The number of hydrogen-bond donors (Lipinski definition) is 1. The second-order valence-corrected chi connectivity index (χ2v) is 8.72. The number of carbonyl (C=O) groups excluding carboxylic acids is 3. The number of amides is 4. The summed E-state index contributed by atoms with van der Waals surface area (Å²) in [5, 5.41) is 2.21. The van der Waals surface area contributed by atoms with Gasteiger partial charge in [-0.3, -0.25) is 14.9 Å². The maximum absolute atomic E-state index is 13.1. The molecule has 0 spiro atoms. The number of barbiturate groups is 1. The van der Waals surface area contributed by atoms with E-state index in [1.54, 1.807) is 42.5 Å². The predicted molar refractivity (Wildman–Crippen MR) is 138 cm³/mol. The van der Waals surface area contributed by atoms with Crippen LogP contribution in [0.4, 0.5) is 10.5 Å². The highest BCUT2D eigenvalue weighted by atomic mass is 79.9. The van der Waals surface area contributed by atoms with Crippen LogP contribution in [0.2, 0.25) is 0 Å². The maximum Gasteiger partial charge on any atom is 0.335 e. The fraction of sp³-hybridized carbons (Fsp3) is 0.148. The van der Waals surface area contributed by atoms with Crippen LogP contribution in [-0.2, 0) is 9.59 Å². The molecule has 8 nitrogen and oxygen atoms in total. The highest BCUT2D eigenvalue weighted by molar-refractivity contribution is 9.10. The molecule has 4 rings (SSSR count). The van der Waals surface area contributed by atoms with E-state index in [-0.39, 0.29) is 12.2 Å². The number of methoxy groups -OCH3 is 1. The molecule has 0 aliphatic carbocycles. The summed E-state index contributed by atoms with van der Waals surface area (Å²) >= 11 is 3.32. The van der Waals surface area contributed by atoms with E-state index in [0.717, 1.165) is 20.7 Å². The lowest BCUT2D eigenvalue weighted by atomic mass is 10.1. The van der Waals surface area contributed by atoms with Crippen molar-refractivity contribution >= 4 is 45.5 Å². The van der Waals surface area contributed by atoms with Crippen LogP contribution in [0, 0.1) is 6.92 Å². The molecule has 0 atom stereocenters. The van der Waals surface area contributed by atoms with Crippen LogP contribution < -0.4 is 24.4 Å². The number of carbonyl (C=O) groups is 3. The van der Waals surface area contributed by atoms with E-state index in [4.69, 9.17) is 14.2 Å². The molecule has 184 valence electrons. The molecule has 36 heavy (non-hydrogen) atoms. The second kappa shape index (κ2) is 11.1. The van der Waals surface area contributed by atoms with Crippen molar-refractivity contribution in [2.24, 2.45) is 0 Å². The lowest BCUT2D eigenvalue weighted by Gasteiger charge is -2.26. The van der Waals surface area contributed by atoms with Crippen molar-refractivity contribution in [2.75, 3.05) is 25.2 Å². The average molecular weight is 551 g/mol. The zero-order valence-corrected chi connectivity index (χ0v) is 21.2. The number of rotatable bonds is 8. The number of urea groups is 1. The van der Waals surface area contributed by atoms with Gasteiger partial charge in [0.2, 0.25) is 0 Å². The number of nitrogens with one attached hydrogen (secondary N) is 1. The van der Waals surface area contributed by atoms with E-state index < -0.39 is 17.8 Å². The molecule has 0 aromatic heterocycles. The molecular weight excluding hydrogens is 528 g/mol. The number of imide groups is 2. The lowest BCUT2D eigenvalue weighted by molar-refractivity contribution is -0.122. The molecule has 0 radical (unpaired) electrons. The summed E-state index contributed by atoms with van der Waals surface area (Å²) in [5.74, 6) is 0.203. The minimum atomic E-state index is -0.807. The van der Waals surface area contributed by atoms with Crippen molar-refractivity contribution in [3.05, 3.63) is 87.9 Å². The number of aryl methyl sites for hydroxylation is 1. The number of nitrogens with zero attached hydrogens (tertiary/aromatic N) is 1. The van der Waals surface area contributed by atoms with E-state index in [9.17, 15) is 14.4 Å². The SMILES string of the molecule is COc1cc(C=C2C(=O)NC(=O)N(c3ccc(Br)cc3)C2=O)ccc1OCCOc1ccccc1C. The Morgan fingerprint density at radius 3 is 2.28 bits per heavy atom. The fourth-order valence-corrected chi connectivity index (χ4v) is 3.83. The topological polar surface area (TPSA) is 94.2 Å². The van der Waals surface area contributed by atoms with Crippen LogP contribution in [-0.4, -0.2) is 38.2 Å². The first-order valence-corrected chi connectivity index (χ1v) is 11.8. The quantitative estimate of drug-likeness (QED) is 0.244. The van der Waals surface area contributed by atoms with Crippen molar-refractivity contribution in [2.45, 2.75) is 6.92 Å². The molecule has 1 N–H and O–H groups in total. The minimum absolute atomic E-state index is 0.181. The van der Waals surface area contributed by atoms with E-state index in [1.807, 2.05) is 31.2 Å². The Kier molecular flexibility index (Phi) is 7.70. The first-order valence-electron chi connectivity index (χ1n) is 11.0. The van der Waals surface area contributed by atoms with Crippen molar-refractivity contribution in [3.63, 3.8) is 0 Å². The van der Waals surface area contributed by atoms with Gasteiger partial charge in [0.1, 0.15) is 24.5 Å². The van der Waals surface area contributed by atoms with Crippen LogP contribution in [0.5, 0.6) is 17.2 Å². The summed E-state index contributed by atoms with van der Waals surface area (Å²) in [7, 11) is 1.50. The Balaban J connectivity index is 1.48. The zero-order valence-electron chi connectivity index (χ0n) is 19.6. The highest BCUT2D eigenvalue weighted by Gasteiger charge is 2.36. The van der Waals surface area contributed by atoms with Crippen LogP contribution in [0.25, 0.3) is 6.08 Å². The largest absolute Gasteiger partial charge is 0.493 e. The normalized spacial score (nSPS) is 14.6. The van der Waals surface area contributed by atoms with Gasteiger partial charge in [-0.1, -0.05) is 40.2 Å². The van der Waals surface area contributed by atoms with Gasteiger partial charge in [0.15, 0.2) is 11.5 Å². The van der Waals surface area contributed by atoms with E-state index in [2.05, 4.69) is 21.2 Å². The number of para-hydroxylation sites is 1. The molecule has 0 saturated carbocycles. The third-order valence-corrected chi connectivity index (χ3v) is 5.91. The molecular formula is C27H23BrN2O6. The van der Waals surface area contributed by atoms with E-state index in [1.165, 1.54) is 13.2 Å². The smallest absolute Gasteiger partial charge is 0.335 e. The Labute approximate surface area is 216 Å². The monoisotopic (exact) mass is 550 g/mol. The van der Waals surface area contributed by atoms with Crippen molar-refractivity contribution in [3.8, 4) is 17.2 Å². The fourth-order valence-electron chi connectivity index (χ4n) is 3.56.